The molecule has 1 aromatic rings. The number of rotatable bonds is 8. The van der Waals surface area contributed by atoms with E-state index in [0.717, 1.165) is 0 Å². The molecule has 0 bridgehead atoms. The molecule has 1 aromatic carbocycles. The van der Waals surface area contributed by atoms with Gasteiger partial charge in [-0.25, -0.2) is 4.39 Å². The van der Waals surface area contributed by atoms with E-state index in [-0.39, 0.29) is 24.6 Å². The number of carbonyl (C=O) groups excluding carboxylic acids is 1. The van der Waals surface area contributed by atoms with Crippen LogP contribution in [0.15, 0.2) is 24.3 Å². The lowest BCUT2D eigenvalue weighted by Crippen LogP contribution is -2.26. The molecule has 0 unspecified atom stereocenters. The predicted molar refractivity (Wildman–Crippen MR) is 72.4 cm³/mol. The summed E-state index contributed by atoms with van der Waals surface area (Å²) in [7, 11) is 0. The Labute approximate surface area is 115 Å². The number of hydrogen-bond donors (Lipinski definition) is 2. The number of carbonyl (C=O) groups is 2. The van der Waals surface area contributed by atoms with Crippen LogP contribution in [-0.2, 0) is 15.3 Å². The fraction of sp³-hybridized carbons (Fsp3) is 0.385. The second-order valence-corrected chi connectivity index (χ2v) is 4.99. The zero-order chi connectivity index (χ0) is 14.1. The summed E-state index contributed by atoms with van der Waals surface area (Å²) >= 11 is 1.52. The zero-order valence-electron chi connectivity index (χ0n) is 10.4. The van der Waals surface area contributed by atoms with Crippen molar-refractivity contribution in [2.24, 2.45) is 0 Å². The zero-order valence-corrected chi connectivity index (χ0v) is 11.2. The lowest BCUT2D eigenvalue weighted by Gasteiger charge is -2.05. The van der Waals surface area contributed by atoms with Gasteiger partial charge in [-0.2, -0.15) is 11.8 Å². The average molecular weight is 285 g/mol. The molecule has 2 N–H and O–H groups in total. The van der Waals surface area contributed by atoms with Crippen molar-refractivity contribution in [3.05, 3.63) is 35.6 Å². The molecule has 6 heteroatoms. The number of carboxylic acids is 1. The molecular weight excluding hydrogens is 269 g/mol. The molecule has 0 aliphatic carbocycles. The van der Waals surface area contributed by atoms with Crippen LogP contribution in [0.1, 0.15) is 18.4 Å². The molecule has 4 nitrogen and oxygen atoms in total. The van der Waals surface area contributed by atoms with E-state index >= 15 is 0 Å². The van der Waals surface area contributed by atoms with Crippen LogP contribution >= 0.6 is 11.8 Å². The summed E-state index contributed by atoms with van der Waals surface area (Å²) in [6.07, 6.45) is -0.165. The molecule has 104 valence electrons. The molecule has 0 heterocycles. The number of benzene rings is 1. The number of amides is 1. The lowest BCUT2D eigenvalue weighted by atomic mass is 10.2. The second kappa shape index (κ2) is 8.53. The van der Waals surface area contributed by atoms with Crippen LogP contribution in [0.2, 0.25) is 0 Å². The summed E-state index contributed by atoms with van der Waals surface area (Å²) in [6.45, 7) is 0.456. The summed E-state index contributed by atoms with van der Waals surface area (Å²) in [4.78, 5) is 21.4. The van der Waals surface area contributed by atoms with Gasteiger partial charge < -0.3 is 10.4 Å². The van der Waals surface area contributed by atoms with Crippen molar-refractivity contribution < 1.29 is 19.1 Å². The SMILES string of the molecule is O=C(O)CCC(=O)NCCSCc1ccccc1F. The number of thioether (sulfide) groups is 1. The smallest absolute Gasteiger partial charge is 0.303 e. The van der Waals surface area contributed by atoms with E-state index in [1.165, 1.54) is 17.8 Å². The molecule has 0 aromatic heterocycles. The first-order valence-corrected chi connectivity index (χ1v) is 7.04. The maximum absolute atomic E-state index is 13.3. The fourth-order valence-electron chi connectivity index (χ4n) is 1.37. The Bertz CT molecular complexity index is 440. The highest BCUT2D eigenvalue weighted by atomic mass is 32.2. The van der Waals surface area contributed by atoms with Gasteiger partial charge in [0, 0.05) is 24.5 Å². The first-order chi connectivity index (χ1) is 9.09. The van der Waals surface area contributed by atoms with E-state index in [0.29, 0.717) is 23.6 Å². The van der Waals surface area contributed by atoms with Crippen molar-refractivity contribution in [2.75, 3.05) is 12.3 Å². The Morgan fingerprint density at radius 3 is 2.68 bits per heavy atom. The molecule has 1 amide bonds. The molecule has 19 heavy (non-hydrogen) atoms. The van der Waals surface area contributed by atoms with E-state index < -0.39 is 5.97 Å². The van der Waals surface area contributed by atoms with Crippen molar-refractivity contribution in [3.63, 3.8) is 0 Å². The third-order valence-corrected chi connectivity index (χ3v) is 3.36. The maximum atomic E-state index is 13.3. The number of nitrogens with one attached hydrogen (secondary N) is 1. The van der Waals surface area contributed by atoms with Crippen molar-refractivity contribution in [2.45, 2.75) is 18.6 Å². The fourth-order valence-corrected chi connectivity index (χ4v) is 2.21. The third-order valence-electron chi connectivity index (χ3n) is 2.35. The van der Waals surface area contributed by atoms with Crippen molar-refractivity contribution in [3.8, 4) is 0 Å². The average Bonchev–Trinajstić information content (AvgIpc) is 2.38. The van der Waals surface area contributed by atoms with Crippen LogP contribution in [0.4, 0.5) is 4.39 Å². The number of carboxylic acid groups (broad SMARTS) is 1. The van der Waals surface area contributed by atoms with Gasteiger partial charge in [0.25, 0.3) is 0 Å². The van der Waals surface area contributed by atoms with Crippen molar-refractivity contribution >= 4 is 23.6 Å². The minimum absolute atomic E-state index is 0.00663. The lowest BCUT2D eigenvalue weighted by molar-refractivity contribution is -0.138. The molecule has 0 saturated carbocycles. The van der Waals surface area contributed by atoms with Crippen LogP contribution in [-0.4, -0.2) is 29.3 Å². The van der Waals surface area contributed by atoms with Gasteiger partial charge in [-0.05, 0) is 11.6 Å². The molecule has 0 saturated heterocycles. The second-order valence-electron chi connectivity index (χ2n) is 3.89. The summed E-state index contributed by atoms with van der Waals surface area (Å²) in [5.74, 6) is -0.261. The van der Waals surface area contributed by atoms with Gasteiger partial charge in [-0.3, -0.25) is 9.59 Å². The van der Waals surface area contributed by atoms with Gasteiger partial charge in [0.2, 0.25) is 5.91 Å². The van der Waals surface area contributed by atoms with Gasteiger partial charge in [0.15, 0.2) is 0 Å². The van der Waals surface area contributed by atoms with Crippen LogP contribution < -0.4 is 5.32 Å². The number of halogens is 1. The van der Waals surface area contributed by atoms with E-state index in [1.807, 2.05) is 0 Å². The van der Waals surface area contributed by atoms with Crippen LogP contribution in [0, 0.1) is 5.82 Å². The Morgan fingerprint density at radius 1 is 1.26 bits per heavy atom. The summed E-state index contributed by atoms with van der Waals surface area (Å²) in [5, 5.41) is 11.0. The highest BCUT2D eigenvalue weighted by Crippen LogP contribution is 2.14. The summed E-state index contributed by atoms with van der Waals surface area (Å²) < 4.78 is 13.3. The van der Waals surface area contributed by atoms with E-state index in [1.54, 1.807) is 18.2 Å². The van der Waals surface area contributed by atoms with Crippen molar-refractivity contribution in [1.29, 1.82) is 0 Å². The Kier molecular flexibility index (Phi) is 6.95. The molecule has 0 radical (unpaired) electrons. The first kappa shape index (κ1) is 15.5. The van der Waals surface area contributed by atoms with Gasteiger partial charge in [-0.15, -0.1) is 0 Å². The normalized spacial score (nSPS) is 10.2. The highest BCUT2D eigenvalue weighted by molar-refractivity contribution is 7.98. The molecule has 0 atom stereocenters. The molecule has 0 aliphatic rings. The van der Waals surface area contributed by atoms with Gasteiger partial charge in [0.1, 0.15) is 5.82 Å². The molecule has 1 rings (SSSR count). The van der Waals surface area contributed by atoms with Gasteiger partial charge in [-0.1, -0.05) is 18.2 Å². The molecule has 0 aliphatic heterocycles. The Morgan fingerprint density at radius 2 is 2.00 bits per heavy atom. The maximum Gasteiger partial charge on any atom is 0.303 e. The van der Waals surface area contributed by atoms with Crippen LogP contribution in [0.25, 0.3) is 0 Å². The Hall–Kier alpha value is -1.56. The molecule has 0 fully saturated rings. The quantitative estimate of drug-likeness (QED) is 0.717. The van der Waals surface area contributed by atoms with Crippen molar-refractivity contribution in [1.82, 2.24) is 5.32 Å². The van der Waals surface area contributed by atoms with Crippen LogP contribution in [0.5, 0.6) is 0 Å². The van der Waals surface area contributed by atoms with Gasteiger partial charge in [0.05, 0.1) is 6.42 Å². The standard InChI is InChI=1S/C13H16FNO3S/c14-11-4-2-1-3-10(11)9-19-8-7-15-12(16)5-6-13(17)18/h1-4H,5-9H2,(H,15,16)(H,17,18). The Balaban J connectivity index is 2.10. The van der Waals surface area contributed by atoms with E-state index in [4.69, 9.17) is 5.11 Å². The third kappa shape index (κ3) is 6.81. The van der Waals surface area contributed by atoms with Gasteiger partial charge >= 0.3 is 5.97 Å². The number of hydrogen-bond acceptors (Lipinski definition) is 3. The first-order valence-electron chi connectivity index (χ1n) is 5.89. The molecular formula is C13H16FNO3S. The predicted octanol–water partition coefficient (Wildman–Crippen LogP) is 2.04. The molecule has 0 spiro atoms. The van der Waals surface area contributed by atoms with Crippen LogP contribution in [0.3, 0.4) is 0 Å². The minimum Gasteiger partial charge on any atom is -0.481 e. The monoisotopic (exact) mass is 285 g/mol. The van der Waals surface area contributed by atoms with E-state index in [2.05, 4.69) is 5.32 Å². The van der Waals surface area contributed by atoms with E-state index in [9.17, 15) is 14.0 Å². The highest BCUT2D eigenvalue weighted by Gasteiger charge is 2.04. The summed E-state index contributed by atoms with van der Waals surface area (Å²) in [6, 6.07) is 6.58. The topological polar surface area (TPSA) is 66.4 Å². The largest absolute Gasteiger partial charge is 0.481 e. The number of aliphatic carboxylic acids is 1. The summed E-state index contributed by atoms with van der Waals surface area (Å²) in [5.41, 5.74) is 0.643. The minimum atomic E-state index is -0.982.